The van der Waals surface area contributed by atoms with Crippen LogP contribution in [-0.4, -0.2) is 28.9 Å². The van der Waals surface area contributed by atoms with E-state index >= 15 is 0 Å². The Hall–Kier alpha value is -1.39. The Morgan fingerprint density at radius 1 is 1.45 bits per heavy atom. The standard InChI is InChI=1S/C15H15ClN2OS/c16-13-4-2-1-3-12(13)15(19)18-7-5-11(10-18)9-14-17-6-8-20-14/h1-4,6,8,11H,5,7,9-10H2. The van der Waals surface area contributed by atoms with Crippen LogP contribution in [0.4, 0.5) is 0 Å². The van der Waals surface area contributed by atoms with Gasteiger partial charge in [-0.15, -0.1) is 11.3 Å². The summed E-state index contributed by atoms with van der Waals surface area (Å²) in [6, 6.07) is 7.24. The molecule has 0 aliphatic carbocycles. The van der Waals surface area contributed by atoms with Crippen LogP contribution in [0.2, 0.25) is 5.02 Å². The van der Waals surface area contributed by atoms with Gasteiger partial charge >= 0.3 is 0 Å². The molecule has 0 bridgehead atoms. The molecule has 1 fully saturated rings. The molecular weight excluding hydrogens is 292 g/mol. The number of carbonyl (C=O) groups excluding carboxylic acids is 1. The number of hydrogen-bond acceptors (Lipinski definition) is 3. The Morgan fingerprint density at radius 2 is 2.30 bits per heavy atom. The van der Waals surface area contributed by atoms with Crippen molar-refractivity contribution in [2.24, 2.45) is 5.92 Å². The van der Waals surface area contributed by atoms with E-state index < -0.39 is 0 Å². The van der Waals surface area contributed by atoms with Crippen LogP contribution in [0.15, 0.2) is 35.8 Å². The van der Waals surface area contributed by atoms with Crippen LogP contribution in [0, 0.1) is 5.92 Å². The molecule has 1 atom stereocenters. The molecule has 1 aromatic carbocycles. The van der Waals surface area contributed by atoms with Crippen molar-refractivity contribution in [2.45, 2.75) is 12.8 Å². The van der Waals surface area contributed by atoms with Crippen LogP contribution in [0.5, 0.6) is 0 Å². The Labute approximate surface area is 127 Å². The maximum absolute atomic E-state index is 12.4. The fourth-order valence-electron chi connectivity index (χ4n) is 2.59. The number of aromatic nitrogens is 1. The van der Waals surface area contributed by atoms with Gasteiger partial charge in [-0.25, -0.2) is 4.98 Å². The van der Waals surface area contributed by atoms with E-state index in [0.29, 0.717) is 16.5 Å². The van der Waals surface area contributed by atoms with Gasteiger partial charge in [-0.1, -0.05) is 23.7 Å². The molecule has 2 aromatic rings. The van der Waals surface area contributed by atoms with Crippen molar-refractivity contribution in [3.63, 3.8) is 0 Å². The smallest absolute Gasteiger partial charge is 0.255 e. The maximum Gasteiger partial charge on any atom is 0.255 e. The lowest BCUT2D eigenvalue weighted by Crippen LogP contribution is -2.29. The summed E-state index contributed by atoms with van der Waals surface area (Å²) in [7, 11) is 0. The first-order valence-electron chi connectivity index (χ1n) is 6.66. The molecule has 1 unspecified atom stereocenters. The van der Waals surface area contributed by atoms with E-state index in [1.54, 1.807) is 23.5 Å². The predicted octanol–water partition coefficient (Wildman–Crippen LogP) is 3.50. The maximum atomic E-state index is 12.4. The summed E-state index contributed by atoms with van der Waals surface area (Å²) in [5, 5.41) is 3.68. The van der Waals surface area contributed by atoms with Gasteiger partial charge in [0, 0.05) is 31.1 Å². The Morgan fingerprint density at radius 3 is 3.05 bits per heavy atom. The largest absolute Gasteiger partial charge is 0.338 e. The van der Waals surface area contributed by atoms with Crippen LogP contribution in [0.1, 0.15) is 21.8 Å². The summed E-state index contributed by atoms with van der Waals surface area (Å²) in [4.78, 5) is 18.7. The van der Waals surface area contributed by atoms with E-state index in [-0.39, 0.29) is 5.91 Å². The zero-order chi connectivity index (χ0) is 13.9. The molecule has 1 aromatic heterocycles. The highest BCUT2D eigenvalue weighted by atomic mass is 35.5. The summed E-state index contributed by atoms with van der Waals surface area (Å²) >= 11 is 7.78. The third kappa shape index (κ3) is 2.86. The van der Waals surface area contributed by atoms with E-state index in [9.17, 15) is 4.79 Å². The van der Waals surface area contributed by atoms with Crippen molar-refractivity contribution in [1.29, 1.82) is 0 Å². The number of rotatable bonds is 3. The fraction of sp³-hybridized carbons (Fsp3) is 0.333. The molecule has 2 heterocycles. The summed E-state index contributed by atoms with van der Waals surface area (Å²) in [6.45, 7) is 1.60. The second kappa shape index (κ2) is 5.94. The van der Waals surface area contributed by atoms with Gasteiger partial charge in [0.1, 0.15) is 0 Å². The molecule has 1 amide bonds. The summed E-state index contributed by atoms with van der Waals surface area (Å²) < 4.78 is 0. The van der Waals surface area contributed by atoms with Gasteiger partial charge in [0.05, 0.1) is 15.6 Å². The van der Waals surface area contributed by atoms with Crippen LogP contribution < -0.4 is 0 Å². The van der Waals surface area contributed by atoms with Crippen LogP contribution >= 0.6 is 22.9 Å². The first-order chi connectivity index (χ1) is 9.74. The van der Waals surface area contributed by atoms with Crippen molar-refractivity contribution >= 4 is 28.8 Å². The molecule has 0 radical (unpaired) electrons. The van der Waals surface area contributed by atoms with Gasteiger partial charge < -0.3 is 4.90 Å². The number of amides is 1. The molecule has 20 heavy (non-hydrogen) atoms. The lowest BCUT2D eigenvalue weighted by molar-refractivity contribution is 0.0787. The SMILES string of the molecule is O=C(c1ccccc1Cl)N1CCC(Cc2nccs2)C1. The second-order valence-corrected chi connectivity index (χ2v) is 6.40. The van der Waals surface area contributed by atoms with Gasteiger partial charge in [-0.3, -0.25) is 4.79 Å². The molecule has 3 nitrogen and oxygen atoms in total. The zero-order valence-corrected chi connectivity index (χ0v) is 12.5. The van der Waals surface area contributed by atoms with Gasteiger partial charge in [0.2, 0.25) is 0 Å². The predicted molar refractivity (Wildman–Crippen MR) is 81.3 cm³/mol. The van der Waals surface area contributed by atoms with Crippen molar-refractivity contribution < 1.29 is 4.79 Å². The number of hydrogen-bond donors (Lipinski definition) is 0. The minimum atomic E-state index is 0.0391. The minimum Gasteiger partial charge on any atom is -0.338 e. The average molecular weight is 307 g/mol. The second-order valence-electron chi connectivity index (χ2n) is 5.02. The molecule has 1 aliphatic heterocycles. The fourth-order valence-corrected chi connectivity index (χ4v) is 3.54. The quantitative estimate of drug-likeness (QED) is 0.869. The Bertz CT molecular complexity index is 600. The monoisotopic (exact) mass is 306 g/mol. The normalized spacial score (nSPS) is 18.4. The number of thiazole rings is 1. The molecular formula is C15H15ClN2OS. The van der Waals surface area contributed by atoms with Crippen molar-refractivity contribution in [1.82, 2.24) is 9.88 Å². The lowest BCUT2D eigenvalue weighted by atomic mass is 10.1. The van der Waals surface area contributed by atoms with Crippen molar-refractivity contribution in [3.05, 3.63) is 51.4 Å². The highest BCUT2D eigenvalue weighted by molar-refractivity contribution is 7.09. The van der Waals surface area contributed by atoms with E-state index in [2.05, 4.69) is 4.98 Å². The molecule has 5 heteroatoms. The van der Waals surface area contributed by atoms with Crippen LogP contribution in [-0.2, 0) is 6.42 Å². The topological polar surface area (TPSA) is 33.2 Å². The van der Waals surface area contributed by atoms with E-state index in [1.165, 1.54) is 0 Å². The number of likely N-dealkylation sites (tertiary alicyclic amines) is 1. The zero-order valence-electron chi connectivity index (χ0n) is 11.0. The van der Waals surface area contributed by atoms with Gasteiger partial charge in [-0.05, 0) is 24.5 Å². The minimum absolute atomic E-state index is 0.0391. The molecule has 104 valence electrons. The average Bonchev–Trinajstić information content (AvgIpc) is 3.11. The summed E-state index contributed by atoms with van der Waals surface area (Å²) in [5.41, 5.74) is 0.601. The molecule has 1 aliphatic rings. The summed E-state index contributed by atoms with van der Waals surface area (Å²) in [5.74, 6) is 0.546. The van der Waals surface area contributed by atoms with Crippen LogP contribution in [0.25, 0.3) is 0 Å². The Kier molecular flexibility index (Phi) is 4.03. The number of benzene rings is 1. The number of halogens is 1. The molecule has 3 rings (SSSR count). The first-order valence-corrected chi connectivity index (χ1v) is 7.92. The highest BCUT2D eigenvalue weighted by Gasteiger charge is 2.28. The van der Waals surface area contributed by atoms with Crippen molar-refractivity contribution in [3.8, 4) is 0 Å². The summed E-state index contributed by atoms with van der Waals surface area (Å²) in [6.07, 6.45) is 3.83. The van der Waals surface area contributed by atoms with Crippen molar-refractivity contribution in [2.75, 3.05) is 13.1 Å². The third-order valence-corrected chi connectivity index (χ3v) is 4.76. The molecule has 1 saturated heterocycles. The molecule has 0 saturated carbocycles. The number of carbonyl (C=O) groups is 1. The number of nitrogens with zero attached hydrogens (tertiary/aromatic N) is 2. The van der Waals surface area contributed by atoms with Crippen LogP contribution in [0.3, 0.4) is 0 Å². The molecule has 0 spiro atoms. The van der Waals surface area contributed by atoms with Gasteiger partial charge in [0.25, 0.3) is 5.91 Å². The third-order valence-electron chi connectivity index (χ3n) is 3.62. The van der Waals surface area contributed by atoms with Gasteiger partial charge in [0.15, 0.2) is 0 Å². The first kappa shape index (κ1) is 13.6. The van der Waals surface area contributed by atoms with Gasteiger partial charge in [-0.2, -0.15) is 0 Å². The van der Waals surface area contributed by atoms with E-state index in [0.717, 1.165) is 30.9 Å². The molecule has 0 N–H and O–H groups in total. The lowest BCUT2D eigenvalue weighted by Gasteiger charge is -2.17. The highest BCUT2D eigenvalue weighted by Crippen LogP contribution is 2.25. The van der Waals surface area contributed by atoms with E-state index in [4.69, 9.17) is 11.6 Å². The Balaban J connectivity index is 1.65. The van der Waals surface area contributed by atoms with E-state index in [1.807, 2.05) is 28.6 Å².